The molecule has 10 heteroatoms. The highest BCUT2D eigenvalue weighted by molar-refractivity contribution is 9.10. The lowest BCUT2D eigenvalue weighted by Gasteiger charge is -2.12. The monoisotopic (exact) mass is 560 g/mol. The van der Waals surface area contributed by atoms with Gasteiger partial charge in [0.25, 0.3) is 17.1 Å². The maximum Gasteiger partial charge on any atom is 0.298 e. The van der Waals surface area contributed by atoms with Gasteiger partial charge in [0.15, 0.2) is 6.61 Å². The molecule has 0 bridgehead atoms. The summed E-state index contributed by atoms with van der Waals surface area (Å²) in [6.45, 7) is -0.255. The van der Waals surface area contributed by atoms with Crippen LogP contribution in [-0.4, -0.2) is 23.7 Å². The highest BCUT2D eigenvalue weighted by atomic mass is 79.9. The minimum absolute atomic E-state index is 0.255. The predicted molar refractivity (Wildman–Crippen MR) is 135 cm³/mol. The van der Waals surface area contributed by atoms with Gasteiger partial charge in [0, 0.05) is 10.7 Å². The number of carbonyl (C=O) groups excluding carboxylic acids is 3. The lowest BCUT2D eigenvalue weighted by molar-refractivity contribution is -0.118. The van der Waals surface area contributed by atoms with Gasteiger partial charge >= 0.3 is 0 Å². The Morgan fingerprint density at radius 1 is 1.09 bits per heavy atom. The van der Waals surface area contributed by atoms with Crippen molar-refractivity contribution in [2.45, 2.75) is 0 Å². The molecule has 1 fully saturated rings. The fourth-order valence-corrected chi connectivity index (χ4v) is 4.51. The molecule has 0 aromatic heterocycles. The molecule has 172 valence electrons. The number of nitrogens with one attached hydrogen (secondary N) is 1. The van der Waals surface area contributed by atoms with Gasteiger partial charge in [-0.25, -0.2) is 9.29 Å². The minimum Gasteiger partial charge on any atom is -0.483 e. The van der Waals surface area contributed by atoms with Gasteiger partial charge in [-0.15, -0.1) is 0 Å². The van der Waals surface area contributed by atoms with Crippen molar-refractivity contribution >= 4 is 73.8 Å². The van der Waals surface area contributed by atoms with Crippen LogP contribution in [0.2, 0.25) is 5.02 Å². The second-order valence-corrected chi connectivity index (χ2v) is 9.31. The molecule has 4 rings (SSSR count). The van der Waals surface area contributed by atoms with Crippen molar-refractivity contribution < 1.29 is 23.5 Å². The van der Waals surface area contributed by atoms with Gasteiger partial charge in [-0.1, -0.05) is 17.7 Å². The third kappa shape index (κ3) is 5.67. The molecule has 0 unspecified atom stereocenters. The summed E-state index contributed by atoms with van der Waals surface area (Å²) in [6.07, 6.45) is 1.61. The van der Waals surface area contributed by atoms with Crippen molar-refractivity contribution in [2.24, 2.45) is 0 Å². The average Bonchev–Trinajstić information content (AvgIpc) is 3.08. The van der Waals surface area contributed by atoms with Crippen LogP contribution in [0, 0.1) is 5.82 Å². The normalized spacial score (nSPS) is 14.6. The Hall–Kier alpha value is -3.14. The van der Waals surface area contributed by atoms with Crippen molar-refractivity contribution in [3.63, 3.8) is 0 Å². The zero-order chi connectivity index (χ0) is 24.2. The average molecular weight is 562 g/mol. The van der Waals surface area contributed by atoms with Crippen molar-refractivity contribution in [3.05, 3.63) is 92.5 Å². The van der Waals surface area contributed by atoms with E-state index in [0.29, 0.717) is 32.2 Å². The van der Waals surface area contributed by atoms with E-state index in [2.05, 4.69) is 21.2 Å². The topological polar surface area (TPSA) is 75.7 Å². The van der Waals surface area contributed by atoms with E-state index in [0.717, 1.165) is 16.7 Å². The van der Waals surface area contributed by atoms with Gasteiger partial charge in [-0.3, -0.25) is 14.4 Å². The summed E-state index contributed by atoms with van der Waals surface area (Å²) < 4.78 is 19.1. The molecular formula is C24H15BrClFN2O4S. The lowest BCUT2D eigenvalue weighted by Crippen LogP contribution is -2.27. The third-order valence-corrected chi connectivity index (χ3v) is 6.36. The molecule has 0 saturated carbocycles. The SMILES string of the molecule is O=C(COc1ccc(/C=C2/SC(=O)N(c3ccc(Cl)cc3)C2=O)cc1Br)Nc1ccc(F)cc1. The largest absolute Gasteiger partial charge is 0.483 e. The summed E-state index contributed by atoms with van der Waals surface area (Å²) in [6, 6.07) is 16.9. The van der Waals surface area contributed by atoms with E-state index < -0.39 is 22.9 Å². The second kappa shape index (κ2) is 10.4. The molecule has 0 atom stereocenters. The van der Waals surface area contributed by atoms with Crippen LogP contribution in [0.25, 0.3) is 6.08 Å². The Bertz CT molecular complexity index is 1300. The smallest absolute Gasteiger partial charge is 0.298 e. The van der Waals surface area contributed by atoms with E-state index in [1.807, 2.05) is 0 Å². The molecule has 3 aromatic carbocycles. The van der Waals surface area contributed by atoms with E-state index in [1.165, 1.54) is 24.3 Å². The Morgan fingerprint density at radius 3 is 2.47 bits per heavy atom. The summed E-state index contributed by atoms with van der Waals surface area (Å²) in [5.41, 5.74) is 1.56. The first-order chi connectivity index (χ1) is 16.3. The molecule has 1 N–H and O–H groups in total. The molecule has 1 aliphatic heterocycles. The number of hydrogen-bond acceptors (Lipinski definition) is 5. The highest BCUT2D eigenvalue weighted by Crippen LogP contribution is 2.37. The number of carbonyl (C=O) groups is 3. The van der Waals surface area contributed by atoms with Gasteiger partial charge in [0.05, 0.1) is 15.1 Å². The molecule has 6 nitrogen and oxygen atoms in total. The maximum atomic E-state index is 13.0. The second-order valence-electron chi connectivity index (χ2n) is 7.03. The Labute approximate surface area is 211 Å². The predicted octanol–water partition coefficient (Wildman–Crippen LogP) is 6.50. The van der Waals surface area contributed by atoms with Crippen LogP contribution in [0.5, 0.6) is 5.75 Å². The van der Waals surface area contributed by atoms with E-state index in [4.69, 9.17) is 16.3 Å². The molecule has 34 heavy (non-hydrogen) atoms. The van der Waals surface area contributed by atoms with Crippen molar-refractivity contribution in [1.82, 2.24) is 0 Å². The van der Waals surface area contributed by atoms with E-state index in [9.17, 15) is 18.8 Å². The number of benzene rings is 3. The zero-order valence-corrected chi connectivity index (χ0v) is 20.4. The summed E-state index contributed by atoms with van der Waals surface area (Å²) in [5.74, 6) is -0.807. The van der Waals surface area contributed by atoms with Gasteiger partial charge in [0.2, 0.25) is 0 Å². The highest BCUT2D eigenvalue weighted by Gasteiger charge is 2.36. The van der Waals surface area contributed by atoms with Crippen molar-refractivity contribution in [1.29, 1.82) is 0 Å². The van der Waals surface area contributed by atoms with Crippen molar-refractivity contribution in [2.75, 3.05) is 16.8 Å². The fourth-order valence-electron chi connectivity index (χ4n) is 3.03. The van der Waals surface area contributed by atoms with Crippen LogP contribution >= 0.6 is 39.3 Å². The number of ether oxygens (including phenoxy) is 1. The summed E-state index contributed by atoms with van der Waals surface area (Å²) in [7, 11) is 0. The molecule has 3 amide bonds. The number of halogens is 3. The van der Waals surface area contributed by atoms with Crippen LogP contribution in [0.3, 0.4) is 0 Å². The van der Waals surface area contributed by atoms with E-state index in [-0.39, 0.29) is 11.5 Å². The van der Waals surface area contributed by atoms with Crippen LogP contribution in [0.15, 0.2) is 76.1 Å². The molecule has 1 saturated heterocycles. The van der Waals surface area contributed by atoms with Crippen molar-refractivity contribution in [3.8, 4) is 5.75 Å². The van der Waals surface area contributed by atoms with Crippen LogP contribution < -0.4 is 15.0 Å². The number of nitrogens with zero attached hydrogens (tertiary/aromatic N) is 1. The molecule has 0 aliphatic carbocycles. The van der Waals surface area contributed by atoms with Gasteiger partial charge in [-0.2, -0.15) is 0 Å². The first-order valence-electron chi connectivity index (χ1n) is 9.81. The molecule has 3 aromatic rings. The quantitative estimate of drug-likeness (QED) is 0.348. The number of imide groups is 1. The Kier molecular flexibility index (Phi) is 7.35. The van der Waals surface area contributed by atoms with Crippen LogP contribution in [0.4, 0.5) is 20.6 Å². The van der Waals surface area contributed by atoms with Gasteiger partial charge in [0.1, 0.15) is 11.6 Å². The summed E-state index contributed by atoms with van der Waals surface area (Å²) in [4.78, 5) is 38.6. The lowest BCUT2D eigenvalue weighted by atomic mass is 10.2. The number of thioether (sulfide) groups is 1. The van der Waals surface area contributed by atoms with Crippen LogP contribution in [-0.2, 0) is 9.59 Å². The van der Waals surface area contributed by atoms with Gasteiger partial charge < -0.3 is 10.1 Å². The Balaban J connectivity index is 1.41. The van der Waals surface area contributed by atoms with Gasteiger partial charge in [-0.05, 0) is 100.0 Å². The standard InChI is InChI=1S/C24H15BrClFN2O4S/c25-19-11-14(1-10-20(19)33-13-22(30)28-17-6-4-16(27)5-7-17)12-21-23(31)29(24(32)34-21)18-8-2-15(26)3-9-18/h1-12H,13H2,(H,28,30)/b21-12+. The zero-order valence-electron chi connectivity index (χ0n) is 17.3. The molecule has 1 aliphatic rings. The van der Waals surface area contributed by atoms with Crippen LogP contribution in [0.1, 0.15) is 5.56 Å². The third-order valence-electron chi connectivity index (χ3n) is 4.62. The number of hydrogen-bond donors (Lipinski definition) is 1. The van der Waals surface area contributed by atoms with E-state index >= 15 is 0 Å². The summed E-state index contributed by atoms with van der Waals surface area (Å²) >= 11 is 10.1. The Morgan fingerprint density at radius 2 is 1.79 bits per heavy atom. The molecular weight excluding hydrogens is 547 g/mol. The number of anilines is 2. The first-order valence-corrected chi connectivity index (χ1v) is 11.8. The summed E-state index contributed by atoms with van der Waals surface area (Å²) in [5, 5.41) is 2.72. The fraction of sp³-hybridized carbons (Fsp3) is 0.0417. The minimum atomic E-state index is -0.425. The first kappa shape index (κ1) is 24.0. The number of amides is 3. The molecule has 1 heterocycles. The molecule has 0 radical (unpaired) electrons. The molecule has 0 spiro atoms. The number of rotatable bonds is 6. The van der Waals surface area contributed by atoms with E-state index in [1.54, 1.807) is 48.5 Å². The maximum absolute atomic E-state index is 13.0.